The van der Waals surface area contributed by atoms with Crippen LogP contribution in [0.4, 0.5) is 17.1 Å². The van der Waals surface area contributed by atoms with Crippen molar-refractivity contribution in [1.29, 1.82) is 0 Å². The predicted molar refractivity (Wildman–Crippen MR) is 167 cm³/mol. The molecule has 0 bridgehead atoms. The summed E-state index contributed by atoms with van der Waals surface area (Å²) in [4.78, 5) is 33.3. The number of methoxy groups -OCH3 is 1. The van der Waals surface area contributed by atoms with E-state index in [1.165, 1.54) is 0 Å². The first kappa shape index (κ1) is 29.7. The summed E-state index contributed by atoms with van der Waals surface area (Å²) in [6, 6.07) is 20.3. The van der Waals surface area contributed by atoms with E-state index in [2.05, 4.69) is 31.4 Å². The van der Waals surface area contributed by atoms with Crippen LogP contribution in [-0.2, 0) is 4.74 Å². The summed E-state index contributed by atoms with van der Waals surface area (Å²) in [7, 11) is 1.69. The Morgan fingerprint density at radius 2 is 1.55 bits per heavy atom. The molecule has 2 amide bonds. The molecule has 2 N–H and O–H groups in total. The highest BCUT2D eigenvalue weighted by atomic mass is 35.5. The van der Waals surface area contributed by atoms with Gasteiger partial charge in [0.15, 0.2) is 0 Å². The van der Waals surface area contributed by atoms with E-state index in [-0.39, 0.29) is 11.8 Å². The van der Waals surface area contributed by atoms with Gasteiger partial charge in [0, 0.05) is 67.8 Å². The van der Waals surface area contributed by atoms with E-state index in [0.717, 1.165) is 82.6 Å². The Bertz CT molecular complexity index is 1360. The Morgan fingerprint density at radius 3 is 2.26 bits per heavy atom. The maximum atomic E-state index is 13.5. The molecule has 0 atom stereocenters. The van der Waals surface area contributed by atoms with Gasteiger partial charge >= 0.3 is 0 Å². The van der Waals surface area contributed by atoms with Gasteiger partial charge in [-0.25, -0.2) is 0 Å². The number of benzene rings is 3. The molecule has 9 nitrogen and oxygen atoms in total. The number of nitrogens with one attached hydrogen (secondary N) is 2. The van der Waals surface area contributed by atoms with Gasteiger partial charge in [0.05, 0.1) is 31.6 Å². The van der Waals surface area contributed by atoms with E-state index in [1.807, 2.05) is 30.3 Å². The summed E-state index contributed by atoms with van der Waals surface area (Å²) < 4.78 is 11.0. The van der Waals surface area contributed by atoms with Crippen LogP contribution in [0.5, 0.6) is 5.75 Å². The van der Waals surface area contributed by atoms with Gasteiger partial charge in [-0.05, 0) is 67.6 Å². The van der Waals surface area contributed by atoms with Crippen LogP contribution in [0.15, 0.2) is 66.7 Å². The largest absolute Gasteiger partial charge is 0.495 e. The number of piperazine rings is 1. The van der Waals surface area contributed by atoms with Crippen molar-refractivity contribution in [2.75, 3.05) is 87.8 Å². The number of halogens is 1. The molecule has 0 spiro atoms. The van der Waals surface area contributed by atoms with Gasteiger partial charge in [0.25, 0.3) is 11.8 Å². The molecule has 0 unspecified atom stereocenters. The van der Waals surface area contributed by atoms with Gasteiger partial charge in [-0.2, -0.15) is 0 Å². The lowest BCUT2D eigenvalue weighted by molar-refractivity contribution is 0.0374. The van der Waals surface area contributed by atoms with E-state index < -0.39 is 0 Å². The average molecular weight is 592 g/mol. The molecule has 2 heterocycles. The van der Waals surface area contributed by atoms with E-state index >= 15 is 0 Å². The second-order valence-electron chi connectivity index (χ2n) is 10.4. The van der Waals surface area contributed by atoms with Crippen molar-refractivity contribution in [3.05, 3.63) is 82.9 Å². The predicted octanol–water partition coefficient (Wildman–Crippen LogP) is 4.38. The van der Waals surface area contributed by atoms with Gasteiger partial charge in [-0.1, -0.05) is 23.7 Å². The lowest BCUT2D eigenvalue weighted by Crippen LogP contribution is -2.47. The van der Waals surface area contributed by atoms with E-state index in [0.29, 0.717) is 28.4 Å². The fourth-order valence-corrected chi connectivity index (χ4v) is 5.51. The third-order valence-electron chi connectivity index (χ3n) is 7.69. The van der Waals surface area contributed by atoms with Crippen LogP contribution in [0.3, 0.4) is 0 Å². The minimum absolute atomic E-state index is 0.151. The number of ether oxygens (including phenoxy) is 2. The number of carbonyl (C=O) groups is 2. The van der Waals surface area contributed by atoms with Crippen molar-refractivity contribution in [2.24, 2.45) is 0 Å². The summed E-state index contributed by atoms with van der Waals surface area (Å²) in [5.41, 5.74) is 3.51. The van der Waals surface area contributed by atoms with Crippen molar-refractivity contribution in [2.45, 2.75) is 6.42 Å². The number of anilines is 3. The third kappa shape index (κ3) is 7.53. The normalized spacial score (nSPS) is 15.8. The third-order valence-corrected chi connectivity index (χ3v) is 7.94. The number of para-hydroxylation sites is 2. The highest BCUT2D eigenvalue weighted by molar-refractivity contribution is 6.30. The molecular formula is C32H38ClN5O4. The smallest absolute Gasteiger partial charge is 0.255 e. The van der Waals surface area contributed by atoms with Crippen LogP contribution in [-0.4, -0.2) is 89.4 Å². The molecular weight excluding hydrogens is 554 g/mol. The minimum atomic E-state index is -0.262. The monoisotopic (exact) mass is 591 g/mol. The maximum Gasteiger partial charge on any atom is 0.255 e. The fourth-order valence-electron chi connectivity index (χ4n) is 5.38. The molecule has 3 aromatic rings. The van der Waals surface area contributed by atoms with Crippen LogP contribution < -0.4 is 25.2 Å². The van der Waals surface area contributed by atoms with Gasteiger partial charge in [0.1, 0.15) is 5.75 Å². The lowest BCUT2D eigenvalue weighted by atomic mass is 10.1. The second-order valence-corrected chi connectivity index (χ2v) is 10.8. The topological polar surface area (TPSA) is 86.4 Å². The van der Waals surface area contributed by atoms with E-state index in [4.69, 9.17) is 21.1 Å². The minimum Gasteiger partial charge on any atom is -0.495 e. The number of nitrogens with zero attached hydrogens (tertiary/aromatic N) is 3. The number of rotatable bonds is 10. The Hall–Kier alpha value is -3.79. The first-order chi connectivity index (χ1) is 20.5. The van der Waals surface area contributed by atoms with Crippen LogP contribution in [0.25, 0.3) is 0 Å². The molecule has 2 fully saturated rings. The van der Waals surface area contributed by atoms with Crippen molar-refractivity contribution in [3.8, 4) is 5.75 Å². The molecule has 5 rings (SSSR count). The summed E-state index contributed by atoms with van der Waals surface area (Å²) in [6.45, 7) is 7.91. The zero-order chi connectivity index (χ0) is 29.3. The number of amides is 2. The molecule has 2 aliphatic heterocycles. The summed E-state index contributed by atoms with van der Waals surface area (Å²) in [5.74, 6) is 0.437. The molecule has 0 radical (unpaired) electrons. The van der Waals surface area contributed by atoms with Gasteiger partial charge in [-0.3, -0.25) is 14.5 Å². The van der Waals surface area contributed by atoms with Gasteiger partial charge in [-0.15, -0.1) is 0 Å². The summed E-state index contributed by atoms with van der Waals surface area (Å²) in [5, 5.41) is 6.61. The summed E-state index contributed by atoms with van der Waals surface area (Å²) in [6.07, 6.45) is 0.853. The highest BCUT2D eigenvalue weighted by Gasteiger charge is 2.24. The van der Waals surface area contributed by atoms with Crippen LogP contribution >= 0.6 is 11.6 Å². The van der Waals surface area contributed by atoms with Crippen molar-refractivity contribution >= 4 is 40.5 Å². The number of morpholine rings is 1. The SMILES string of the molecule is COc1ccccc1N1CCN(c2ccc(NC(=O)c3ccc(Cl)cc3)cc2C(=O)NCCCN2CCOCC2)CC1. The molecule has 3 aromatic carbocycles. The van der Waals surface area contributed by atoms with Crippen LogP contribution in [0.1, 0.15) is 27.1 Å². The highest BCUT2D eigenvalue weighted by Crippen LogP contribution is 2.31. The van der Waals surface area contributed by atoms with Crippen molar-refractivity contribution in [3.63, 3.8) is 0 Å². The molecule has 0 aliphatic carbocycles. The Labute approximate surface area is 252 Å². The van der Waals surface area contributed by atoms with Crippen molar-refractivity contribution in [1.82, 2.24) is 10.2 Å². The number of hydrogen-bond donors (Lipinski definition) is 2. The zero-order valence-corrected chi connectivity index (χ0v) is 24.7. The van der Waals surface area contributed by atoms with Crippen LogP contribution in [0.2, 0.25) is 5.02 Å². The molecule has 42 heavy (non-hydrogen) atoms. The van der Waals surface area contributed by atoms with Gasteiger partial charge < -0.3 is 29.9 Å². The van der Waals surface area contributed by atoms with Gasteiger partial charge in [0.2, 0.25) is 0 Å². The molecule has 0 aromatic heterocycles. The molecule has 222 valence electrons. The first-order valence-corrected chi connectivity index (χ1v) is 14.8. The first-order valence-electron chi connectivity index (χ1n) is 14.4. The standard InChI is InChI=1S/C32H38ClN5O4/c1-41-30-6-3-2-5-29(30)38-17-15-37(16-18-38)28-12-11-26(35-31(39)24-7-9-25(33)10-8-24)23-27(28)32(40)34-13-4-14-36-19-21-42-22-20-36/h2-3,5-12,23H,4,13-22H2,1H3,(H,34,40)(H,35,39). The Morgan fingerprint density at radius 1 is 0.857 bits per heavy atom. The zero-order valence-electron chi connectivity index (χ0n) is 24.0. The Kier molecular flexibility index (Phi) is 10.2. The quantitative estimate of drug-likeness (QED) is 0.339. The molecule has 2 aliphatic rings. The maximum absolute atomic E-state index is 13.5. The van der Waals surface area contributed by atoms with Crippen molar-refractivity contribution < 1.29 is 19.1 Å². The molecule has 10 heteroatoms. The summed E-state index contributed by atoms with van der Waals surface area (Å²) >= 11 is 5.98. The fraction of sp³-hybridized carbons (Fsp3) is 0.375. The van der Waals surface area contributed by atoms with E-state index in [9.17, 15) is 9.59 Å². The number of hydrogen-bond acceptors (Lipinski definition) is 7. The second kappa shape index (κ2) is 14.4. The lowest BCUT2D eigenvalue weighted by Gasteiger charge is -2.38. The molecule has 0 saturated carbocycles. The molecule has 2 saturated heterocycles. The average Bonchev–Trinajstić information content (AvgIpc) is 3.04. The number of carbonyl (C=O) groups excluding carboxylic acids is 2. The van der Waals surface area contributed by atoms with E-state index in [1.54, 1.807) is 37.4 Å². The Balaban J connectivity index is 1.29. The van der Waals surface area contributed by atoms with Crippen LogP contribution in [0, 0.1) is 0 Å².